The molecular weight excluding hydrogens is 586 g/mol. The first-order chi connectivity index (χ1) is 22.3. The summed E-state index contributed by atoms with van der Waals surface area (Å²) < 4.78 is 7.79. The Hall–Kier alpha value is -4.33. The summed E-state index contributed by atoms with van der Waals surface area (Å²) in [6, 6.07) is 12.8. The van der Waals surface area contributed by atoms with E-state index in [2.05, 4.69) is 79.4 Å². The maximum atomic E-state index is 12.5. The number of hydrogen-bond donors (Lipinski definition) is 2. The molecule has 2 aromatic heterocycles. The van der Waals surface area contributed by atoms with Gasteiger partial charge in [0.2, 0.25) is 0 Å². The summed E-state index contributed by atoms with van der Waals surface area (Å²) >= 11 is 0. The van der Waals surface area contributed by atoms with E-state index in [0.717, 1.165) is 65.9 Å². The third kappa shape index (κ3) is 7.64. The number of hydrogen-bond acceptors (Lipinski definition) is 5. The van der Waals surface area contributed by atoms with Crippen LogP contribution in [0.15, 0.2) is 60.3 Å². The zero-order valence-corrected chi connectivity index (χ0v) is 29.5. The average molecular weight is 638 g/mol. The van der Waals surface area contributed by atoms with E-state index in [4.69, 9.17) is 9.72 Å². The van der Waals surface area contributed by atoms with Gasteiger partial charge in [0, 0.05) is 55.5 Å². The highest BCUT2D eigenvalue weighted by Crippen LogP contribution is 2.42. The van der Waals surface area contributed by atoms with Gasteiger partial charge in [-0.05, 0) is 101 Å². The van der Waals surface area contributed by atoms with Gasteiger partial charge in [0.1, 0.15) is 11.4 Å². The number of rotatable bonds is 7. The lowest BCUT2D eigenvalue weighted by Gasteiger charge is -2.24. The van der Waals surface area contributed by atoms with E-state index in [1.54, 1.807) is 25.2 Å². The van der Waals surface area contributed by atoms with Crippen LogP contribution in [0.2, 0.25) is 0 Å². The second-order valence-electron chi connectivity index (χ2n) is 14.2. The Morgan fingerprint density at radius 3 is 2.53 bits per heavy atom. The molecule has 8 nitrogen and oxygen atoms in total. The number of benzene rings is 1. The van der Waals surface area contributed by atoms with E-state index in [9.17, 15) is 9.59 Å². The van der Waals surface area contributed by atoms with Crippen LogP contribution in [0, 0.1) is 0 Å². The molecule has 1 aromatic carbocycles. The number of allylic oxidation sites excluding steroid dienone is 2. The van der Waals surface area contributed by atoms with Crippen LogP contribution in [0.3, 0.4) is 0 Å². The van der Waals surface area contributed by atoms with Crippen molar-refractivity contribution in [1.29, 1.82) is 0 Å². The number of anilines is 2. The molecule has 2 amide bonds. The molecule has 0 fully saturated rings. The van der Waals surface area contributed by atoms with Crippen molar-refractivity contribution in [2.45, 2.75) is 97.1 Å². The van der Waals surface area contributed by atoms with E-state index in [1.165, 1.54) is 16.8 Å². The SMILES string of the molecule is CCc1cc(C2=CC(C)Nc3c2cc(C(C)C2=CCCC(c4ccc(C(=O)N(C)C)cc4)CC2)n3C)ncc1NC(=O)OC(C)(C)C. The van der Waals surface area contributed by atoms with Gasteiger partial charge >= 0.3 is 6.09 Å². The van der Waals surface area contributed by atoms with Gasteiger partial charge in [-0.1, -0.05) is 43.7 Å². The molecule has 0 saturated heterocycles. The van der Waals surface area contributed by atoms with Crippen molar-refractivity contribution < 1.29 is 14.3 Å². The maximum absolute atomic E-state index is 12.5. The minimum Gasteiger partial charge on any atom is -0.444 e. The topological polar surface area (TPSA) is 88.5 Å². The third-order valence-electron chi connectivity index (χ3n) is 9.36. The summed E-state index contributed by atoms with van der Waals surface area (Å²) in [6.07, 6.45) is 11.0. The molecule has 0 radical (unpaired) electrons. The molecule has 3 unspecified atom stereocenters. The van der Waals surface area contributed by atoms with E-state index in [1.807, 2.05) is 32.9 Å². The van der Waals surface area contributed by atoms with Crippen molar-refractivity contribution in [3.63, 3.8) is 0 Å². The fourth-order valence-electron chi connectivity index (χ4n) is 6.83. The fraction of sp³-hybridized carbons (Fsp3) is 0.462. The van der Waals surface area contributed by atoms with Crippen LogP contribution in [-0.2, 0) is 18.2 Å². The van der Waals surface area contributed by atoms with E-state index in [0.29, 0.717) is 11.6 Å². The largest absolute Gasteiger partial charge is 0.444 e. The standard InChI is InChI=1S/C39H51N5O3/c1-10-26-21-33(40-23-34(26)42-38(46)47-39(4,5)6)31-20-24(2)41-36-32(31)22-35(44(36)9)25(3)27-12-11-13-28(15-14-27)29-16-18-30(19-17-29)37(45)43(7)8/h12,16-25,28,41H,10-11,13-15H2,1-9H3,(H,42,46). The maximum Gasteiger partial charge on any atom is 0.412 e. The molecule has 0 spiro atoms. The lowest BCUT2D eigenvalue weighted by atomic mass is 9.88. The van der Waals surface area contributed by atoms with Crippen molar-refractivity contribution in [3.8, 4) is 0 Å². The lowest BCUT2D eigenvalue weighted by Crippen LogP contribution is -2.27. The van der Waals surface area contributed by atoms with E-state index in [-0.39, 0.29) is 17.9 Å². The van der Waals surface area contributed by atoms with E-state index < -0.39 is 11.7 Å². The zero-order valence-electron chi connectivity index (χ0n) is 29.5. The number of carbonyl (C=O) groups is 2. The first-order valence-electron chi connectivity index (χ1n) is 16.9. The molecule has 1 aliphatic heterocycles. The third-order valence-corrected chi connectivity index (χ3v) is 9.36. The Kier molecular flexibility index (Phi) is 9.99. The minimum atomic E-state index is -0.576. The fourth-order valence-corrected chi connectivity index (χ4v) is 6.83. The number of pyridine rings is 1. The van der Waals surface area contributed by atoms with Crippen LogP contribution in [-0.4, -0.2) is 52.2 Å². The van der Waals surface area contributed by atoms with Gasteiger partial charge in [-0.2, -0.15) is 0 Å². The highest BCUT2D eigenvalue weighted by Gasteiger charge is 2.28. The van der Waals surface area contributed by atoms with Gasteiger partial charge in [0.05, 0.1) is 17.6 Å². The summed E-state index contributed by atoms with van der Waals surface area (Å²) in [5, 5.41) is 6.58. The van der Waals surface area contributed by atoms with Gasteiger partial charge in [-0.25, -0.2) is 4.79 Å². The number of carbonyl (C=O) groups excluding carboxylic acids is 2. The smallest absolute Gasteiger partial charge is 0.412 e. The lowest BCUT2D eigenvalue weighted by molar-refractivity contribution is 0.0635. The molecule has 1 aliphatic carbocycles. The van der Waals surface area contributed by atoms with E-state index >= 15 is 0 Å². The first kappa shape index (κ1) is 34.0. The van der Waals surface area contributed by atoms with Gasteiger partial charge < -0.3 is 19.5 Å². The summed E-state index contributed by atoms with van der Waals surface area (Å²) in [5.41, 5.74) is 9.06. The van der Waals surface area contributed by atoms with Gasteiger partial charge in [-0.15, -0.1) is 0 Å². The molecule has 5 rings (SSSR count). The predicted octanol–water partition coefficient (Wildman–Crippen LogP) is 8.66. The summed E-state index contributed by atoms with van der Waals surface area (Å²) in [7, 11) is 5.73. The van der Waals surface area contributed by atoms with Crippen LogP contribution < -0.4 is 10.6 Å². The van der Waals surface area contributed by atoms with Crippen molar-refractivity contribution in [2.24, 2.45) is 7.05 Å². The first-order valence-corrected chi connectivity index (χ1v) is 16.9. The van der Waals surface area contributed by atoms with Gasteiger partial charge in [0.25, 0.3) is 5.91 Å². The quantitative estimate of drug-likeness (QED) is 0.253. The molecule has 3 aromatic rings. The second kappa shape index (κ2) is 13.8. The van der Waals surface area contributed by atoms with Crippen LogP contribution in [0.25, 0.3) is 5.57 Å². The molecule has 3 atom stereocenters. The molecular formula is C39H51N5O3. The number of amides is 2. The normalized spacial score (nSPS) is 18.6. The summed E-state index contributed by atoms with van der Waals surface area (Å²) in [6.45, 7) is 12.1. The number of ether oxygens (including phenoxy) is 1. The highest BCUT2D eigenvalue weighted by atomic mass is 16.6. The summed E-state index contributed by atoms with van der Waals surface area (Å²) in [4.78, 5) is 31.3. The number of fused-ring (bicyclic) bond motifs is 1. The van der Waals surface area contributed by atoms with Crippen molar-refractivity contribution >= 4 is 29.1 Å². The van der Waals surface area contributed by atoms with Crippen molar-refractivity contribution in [3.05, 3.63) is 94.0 Å². The minimum absolute atomic E-state index is 0.0381. The molecule has 8 heteroatoms. The number of nitrogens with one attached hydrogen (secondary N) is 2. The number of aryl methyl sites for hydroxylation is 1. The number of nitrogens with zero attached hydrogens (tertiary/aromatic N) is 3. The molecule has 47 heavy (non-hydrogen) atoms. The Morgan fingerprint density at radius 1 is 1.15 bits per heavy atom. The van der Waals surface area contributed by atoms with Crippen LogP contribution in [0.1, 0.15) is 117 Å². The molecule has 2 N–H and O–H groups in total. The molecule has 0 bridgehead atoms. The van der Waals surface area contributed by atoms with Crippen molar-refractivity contribution in [1.82, 2.24) is 14.5 Å². The highest BCUT2D eigenvalue weighted by molar-refractivity contribution is 5.94. The molecule has 250 valence electrons. The molecule has 2 aliphatic rings. The zero-order chi connectivity index (χ0) is 34.0. The van der Waals surface area contributed by atoms with Crippen LogP contribution in [0.5, 0.6) is 0 Å². The van der Waals surface area contributed by atoms with Gasteiger partial charge in [0.15, 0.2) is 0 Å². The Morgan fingerprint density at radius 2 is 1.87 bits per heavy atom. The molecule has 3 heterocycles. The van der Waals surface area contributed by atoms with Gasteiger partial charge in [-0.3, -0.25) is 15.1 Å². The predicted molar refractivity (Wildman–Crippen MR) is 191 cm³/mol. The van der Waals surface area contributed by atoms with Crippen molar-refractivity contribution in [2.75, 3.05) is 24.7 Å². The second-order valence-corrected chi connectivity index (χ2v) is 14.2. The molecule has 0 saturated carbocycles. The Labute approximate surface area is 280 Å². The Bertz CT molecular complexity index is 1690. The average Bonchev–Trinajstić information content (AvgIpc) is 3.18. The van der Waals surface area contributed by atoms with Crippen LogP contribution in [0.4, 0.5) is 16.3 Å². The monoisotopic (exact) mass is 637 g/mol. The Balaban J connectivity index is 1.35. The number of aromatic nitrogens is 2. The van der Waals surface area contributed by atoms with Crippen LogP contribution >= 0.6 is 0 Å². The summed E-state index contributed by atoms with van der Waals surface area (Å²) in [5.74, 6) is 1.88.